The number of alkyl carbamates (subject to hydrolysis) is 2. The molecule has 0 radical (unpaired) electrons. The fourth-order valence-electron chi connectivity index (χ4n) is 10.0. The highest BCUT2D eigenvalue weighted by molar-refractivity contribution is 5.85. The normalized spacial score (nSPS) is 34.1. The summed E-state index contributed by atoms with van der Waals surface area (Å²) in [5, 5.41) is 18.4. The Morgan fingerprint density at radius 3 is 2.45 bits per heavy atom. The Bertz CT molecular complexity index is 2260. The van der Waals surface area contributed by atoms with Gasteiger partial charge in [-0.3, -0.25) is 24.4 Å². The number of aromatic nitrogens is 2. The van der Waals surface area contributed by atoms with E-state index >= 15 is 0 Å². The molecule has 1 aromatic carbocycles. The van der Waals surface area contributed by atoms with Gasteiger partial charge in [0.05, 0.1) is 35.7 Å². The second-order valence-corrected chi connectivity index (χ2v) is 19.0. The lowest BCUT2D eigenvalue weighted by Crippen LogP contribution is -2.61. The van der Waals surface area contributed by atoms with E-state index in [4.69, 9.17) is 28.4 Å². The van der Waals surface area contributed by atoms with Gasteiger partial charge in [0, 0.05) is 48.1 Å². The number of aliphatic hydroxyl groups is 1. The lowest BCUT2D eigenvalue weighted by Gasteiger charge is -2.48. The van der Waals surface area contributed by atoms with Crippen LogP contribution in [0.15, 0.2) is 67.0 Å². The number of nitrogens with zero attached hydrogens (tertiary/aromatic N) is 3. The fraction of sp³-hybridized carbons (Fsp3) is 0.580. The molecular formula is C50H67N5O12. The first-order valence-electron chi connectivity index (χ1n) is 23.2. The average molecular weight is 930 g/mol. The Morgan fingerprint density at radius 1 is 1.01 bits per heavy atom. The number of para-hydroxylation sites is 1. The predicted molar refractivity (Wildman–Crippen MR) is 247 cm³/mol. The quantitative estimate of drug-likeness (QED) is 0.153. The van der Waals surface area contributed by atoms with Gasteiger partial charge in [-0.05, 0) is 90.9 Å². The molecule has 6 rings (SSSR count). The van der Waals surface area contributed by atoms with Crippen LogP contribution in [-0.4, -0.2) is 131 Å². The Morgan fingerprint density at radius 2 is 1.75 bits per heavy atom. The van der Waals surface area contributed by atoms with E-state index in [-0.39, 0.29) is 37.7 Å². The molecule has 67 heavy (non-hydrogen) atoms. The number of likely N-dealkylation sites (N-methyl/N-ethyl adjacent to an activating group) is 1. The molecule has 0 spiro atoms. The van der Waals surface area contributed by atoms with Crippen molar-refractivity contribution in [3.63, 3.8) is 0 Å². The SMILES string of the molecule is CC[C@H]1OC(=O)[C@H](C)[C@@H](OC(=O)Cc2ccccn2)[C@H](C)[C@@H](O[C@@H]2O[C@H](C)C[C@H](N(C)C)[C@H]2O)[C@](C)(OC(=O)NCC=Cc2cnc3ccccc3c2)C[C@@H](C)C(=O)[C@H](C)[C@H]2NC(=O)O[C@@]21C. The molecule has 0 aliphatic carbocycles. The molecule has 3 aromatic rings. The van der Waals surface area contributed by atoms with Gasteiger partial charge >= 0.3 is 24.1 Å². The summed E-state index contributed by atoms with van der Waals surface area (Å²) in [4.78, 5) is 81.1. The molecule has 0 saturated carbocycles. The van der Waals surface area contributed by atoms with E-state index in [1.165, 1.54) is 0 Å². The summed E-state index contributed by atoms with van der Waals surface area (Å²) >= 11 is 0. The largest absolute Gasteiger partial charge is 0.461 e. The molecule has 5 heterocycles. The molecule has 0 bridgehead atoms. The highest BCUT2D eigenvalue weighted by atomic mass is 16.7. The minimum Gasteiger partial charge on any atom is -0.461 e. The van der Waals surface area contributed by atoms with Gasteiger partial charge in [-0.2, -0.15) is 0 Å². The standard InChI is InChI=1S/C50H67N5O12/c1-11-38-50(8)43(54-48(61)67-50)30(4)40(57)28(2)26-49(7,66-47(60)52-22-16-17-33-24-34-18-12-13-20-36(34)53-27-33)44(65-46-41(58)37(55(9)10)23-29(3)62-46)31(5)42(32(6)45(59)63-38)64-39(56)25-35-19-14-15-21-51-35/h12-21,24,27-32,37-38,41-44,46,58H,11,22-23,25-26H2,1-10H3,(H,52,60)(H,54,61)/t28-,29-,30+,31+,32-,37+,38-,41-,42+,43-,44-,46+,49-,50-/m1/s1. The summed E-state index contributed by atoms with van der Waals surface area (Å²) < 4.78 is 38.0. The highest BCUT2D eigenvalue weighted by Gasteiger charge is 2.58. The van der Waals surface area contributed by atoms with Crippen LogP contribution in [0.2, 0.25) is 0 Å². The number of carbonyl (C=O) groups excluding carboxylic acids is 5. The molecule has 364 valence electrons. The van der Waals surface area contributed by atoms with Gasteiger partial charge in [0.1, 0.15) is 35.8 Å². The monoisotopic (exact) mass is 929 g/mol. The molecular weight excluding hydrogens is 863 g/mol. The van der Waals surface area contributed by atoms with Crippen molar-refractivity contribution in [2.75, 3.05) is 20.6 Å². The van der Waals surface area contributed by atoms with Crippen LogP contribution in [0, 0.1) is 23.7 Å². The number of hydrogen-bond acceptors (Lipinski definition) is 15. The predicted octanol–water partition coefficient (Wildman–Crippen LogP) is 5.80. The fourth-order valence-corrected chi connectivity index (χ4v) is 10.0. The Hall–Kier alpha value is -5.49. The van der Waals surface area contributed by atoms with Gasteiger partial charge in [0.25, 0.3) is 0 Å². The van der Waals surface area contributed by atoms with Gasteiger partial charge in [0.15, 0.2) is 11.9 Å². The highest BCUT2D eigenvalue weighted by Crippen LogP contribution is 2.42. The molecule has 14 atom stereocenters. The third-order valence-corrected chi connectivity index (χ3v) is 13.6. The summed E-state index contributed by atoms with van der Waals surface area (Å²) in [6, 6.07) is 13.5. The maximum Gasteiger partial charge on any atom is 0.408 e. The molecule has 3 fully saturated rings. The Balaban J connectivity index is 1.42. The number of carbonyl (C=O) groups is 5. The van der Waals surface area contributed by atoms with Crippen molar-refractivity contribution in [2.45, 2.75) is 141 Å². The Kier molecular flexibility index (Phi) is 16.4. The third kappa shape index (κ3) is 11.8. The number of ether oxygens (including phenoxy) is 6. The number of nitrogens with one attached hydrogen (secondary N) is 2. The van der Waals surface area contributed by atoms with Crippen LogP contribution < -0.4 is 10.6 Å². The number of hydrogen-bond donors (Lipinski definition) is 3. The molecule has 3 aliphatic rings. The number of benzene rings is 1. The maximum atomic E-state index is 14.7. The molecule has 3 aliphatic heterocycles. The van der Waals surface area contributed by atoms with E-state index in [2.05, 4.69) is 20.6 Å². The number of esters is 2. The first-order chi connectivity index (χ1) is 31.7. The van der Waals surface area contributed by atoms with E-state index in [9.17, 15) is 29.1 Å². The summed E-state index contributed by atoms with van der Waals surface area (Å²) in [5.74, 6) is -5.80. The summed E-state index contributed by atoms with van der Waals surface area (Å²) in [7, 11) is 3.67. The minimum absolute atomic E-state index is 0.0377. The zero-order valence-electron chi connectivity index (χ0n) is 40.2. The number of pyridine rings is 2. The van der Waals surface area contributed by atoms with Gasteiger partial charge in [-0.15, -0.1) is 0 Å². The zero-order chi connectivity index (χ0) is 48.8. The zero-order valence-corrected chi connectivity index (χ0v) is 40.2. The topological polar surface area (TPSA) is 214 Å². The van der Waals surface area contributed by atoms with Crippen molar-refractivity contribution in [3.8, 4) is 0 Å². The number of aliphatic hydroxyl groups excluding tert-OH is 1. The average Bonchev–Trinajstić information content (AvgIpc) is 3.61. The minimum atomic E-state index is -1.77. The van der Waals surface area contributed by atoms with Crippen LogP contribution >= 0.6 is 0 Å². The van der Waals surface area contributed by atoms with Crippen LogP contribution in [0.1, 0.15) is 85.9 Å². The molecule has 3 N–H and O–H groups in total. The smallest absolute Gasteiger partial charge is 0.408 e. The van der Waals surface area contributed by atoms with Crippen LogP contribution in [0.3, 0.4) is 0 Å². The number of amides is 2. The van der Waals surface area contributed by atoms with Crippen LogP contribution in [0.25, 0.3) is 17.0 Å². The summed E-state index contributed by atoms with van der Waals surface area (Å²) in [6.07, 6.45) is -1.12. The van der Waals surface area contributed by atoms with Gasteiger partial charge in [-0.25, -0.2) is 9.59 Å². The maximum absolute atomic E-state index is 14.7. The lowest BCUT2D eigenvalue weighted by atomic mass is 9.73. The van der Waals surface area contributed by atoms with Crippen molar-refractivity contribution in [2.24, 2.45) is 23.7 Å². The second kappa shape index (κ2) is 21.6. The number of fused-ring (bicyclic) bond motifs is 2. The second-order valence-electron chi connectivity index (χ2n) is 19.0. The number of rotatable bonds is 11. The van der Waals surface area contributed by atoms with Gasteiger partial charge < -0.3 is 49.1 Å². The summed E-state index contributed by atoms with van der Waals surface area (Å²) in [6.45, 7) is 13.5. The van der Waals surface area contributed by atoms with Crippen molar-refractivity contribution in [3.05, 3.63) is 78.3 Å². The van der Waals surface area contributed by atoms with Crippen molar-refractivity contribution >= 4 is 46.9 Å². The Labute approximate surface area is 392 Å². The van der Waals surface area contributed by atoms with E-state index in [0.717, 1.165) is 16.5 Å². The van der Waals surface area contributed by atoms with Crippen LogP contribution in [0.4, 0.5) is 9.59 Å². The number of ketones is 1. The molecule has 17 nitrogen and oxygen atoms in total. The molecule has 2 aromatic heterocycles. The lowest BCUT2D eigenvalue weighted by molar-refractivity contribution is -0.298. The summed E-state index contributed by atoms with van der Waals surface area (Å²) in [5.41, 5.74) is -1.17. The number of Topliss-reactive ketones (excluding diaryl/α,β-unsaturated/α-hetero) is 1. The number of cyclic esters (lactones) is 1. The molecule has 0 unspecified atom stereocenters. The van der Waals surface area contributed by atoms with Crippen molar-refractivity contribution in [1.82, 2.24) is 25.5 Å². The third-order valence-electron chi connectivity index (χ3n) is 13.6. The first kappa shape index (κ1) is 50.9. The van der Waals surface area contributed by atoms with Crippen LogP contribution in [-0.2, 0) is 49.2 Å². The first-order valence-corrected chi connectivity index (χ1v) is 23.2. The molecule has 2 amide bonds. The van der Waals surface area contributed by atoms with Crippen molar-refractivity contribution in [1.29, 1.82) is 0 Å². The van der Waals surface area contributed by atoms with E-state index in [1.54, 1.807) is 85.1 Å². The van der Waals surface area contributed by atoms with E-state index < -0.39 is 102 Å². The van der Waals surface area contributed by atoms with Gasteiger partial charge in [-0.1, -0.05) is 64.1 Å². The molecule has 17 heteroatoms. The van der Waals surface area contributed by atoms with Crippen molar-refractivity contribution < 1.29 is 57.5 Å². The van der Waals surface area contributed by atoms with Gasteiger partial charge in [0.2, 0.25) is 0 Å². The van der Waals surface area contributed by atoms with E-state index in [0.29, 0.717) is 12.1 Å². The van der Waals surface area contributed by atoms with E-state index in [1.807, 2.05) is 62.3 Å². The van der Waals surface area contributed by atoms with Crippen LogP contribution in [0.5, 0.6) is 0 Å². The molecule has 3 saturated heterocycles.